The van der Waals surface area contributed by atoms with E-state index in [1.165, 1.54) is 44.1 Å². The van der Waals surface area contributed by atoms with E-state index < -0.39 is 25.7 Å². The van der Waals surface area contributed by atoms with Gasteiger partial charge in [-0.05, 0) is 60.6 Å². The van der Waals surface area contributed by atoms with Crippen molar-refractivity contribution in [2.45, 2.75) is 104 Å². The number of esters is 1. The first-order valence-electron chi connectivity index (χ1n) is 16.8. The third-order valence-corrected chi connectivity index (χ3v) is 8.55. The number of ether oxygens (including phenoxy) is 2. The van der Waals surface area contributed by atoms with Gasteiger partial charge in [0.2, 0.25) is 5.75 Å². The standard InChI is InChI=1S/C37H54N3O6P/c1-6-7-8-9-10-11-14-29-17-19-30(20-18-29)23-24-37(38,25-41)27-44-33-22-21-31-15-12-13-16-32(31)34(33)46-47(43)40-39-28(2)35(42)45-26-36(3,4)5/h12-13,15-22,28,39,41H,6-11,14,23-27,38H2,1-5H3/t28-,37-/m1/s1. The lowest BCUT2D eigenvalue weighted by Crippen LogP contribution is -2.49. The molecule has 1 unspecified atom stereocenters. The van der Waals surface area contributed by atoms with Gasteiger partial charge in [-0.25, -0.2) is 0 Å². The quantitative estimate of drug-likeness (QED) is 0.0499. The maximum atomic E-state index is 12.9. The average molecular weight is 668 g/mol. The zero-order valence-corrected chi connectivity index (χ0v) is 29.7. The summed E-state index contributed by atoms with van der Waals surface area (Å²) in [5, 5.41) is 11.8. The number of unbranched alkanes of at least 4 members (excludes halogenated alkanes) is 5. The Kier molecular flexibility index (Phi) is 15.6. The van der Waals surface area contributed by atoms with Crippen LogP contribution in [-0.2, 0) is 22.4 Å². The molecule has 0 aromatic heterocycles. The molecule has 3 atom stereocenters. The Morgan fingerprint density at radius 2 is 1.62 bits per heavy atom. The number of nitrogens with one attached hydrogen (secondary N) is 1. The van der Waals surface area contributed by atoms with E-state index >= 15 is 0 Å². The highest BCUT2D eigenvalue weighted by atomic mass is 31.1. The fourth-order valence-electron chi connectivity index (χ4n) is 4.92. The molecule has 9 nitrogen and oxygen atoms in total. The molecule has 0 aliphatic heterocycles. The summed E-state index contributed by atoms with van der Waals surface area (Å²) in [5.74, 6) is 0.0508. The molecule has 0 heterocycles. The summed E-state index contributed by atoms with van der Waals surface area (Å²) < 4.78 is 17.2. The summed E-state index contributed by atoms with van der Waals surface area (Å²) in [7, 11) is -2.63. The maximum Gasteiger partial charge on any atom is 0.412 e. The van der Waals surface area contributed by atoms with Crippen molar-refractivity contribution in [3.63, 3.8) is 0 Å². The topological polar surface area (TPSA) is 138 Å². The van der Waals surface area contributed by atoms with E-state index in [0.717, 1.165) is 17.4 Å². The summed E-state index contributed by atoms with van der Waals surface area (Å²) >= 11 is 0. The molecule has 0 radical (unpaired) electrons. The van der Waals surface area contributed by atoms with Crippen LogP contribution < -0.4 is 25.3 Å². The van der Waals surface area contributed by atoms with Crippen LogP contribution in [0.1, 0.15) is 90.7 Å². The van der Waals surface area contributed by atoms with E-state index in [1.54, 1.807) is 13.0 Å². The van der Waals surface area contributed by atoms with Crippen LogP contribution in [0.25, 0.3) is 10.8 Å². The normalized spacial score (nSPS) is 14.1. The highest BCUT2D eigenvalue weighted by Gasteiger charge is 2.27. The molecule has 0 spiro atoms. The zero-order valence-electron chi connectivity index (χ0n) is 28.8. The lowest BCUT2D eigenvalue weighted by molar-refractivity contribution is -0.169. The summed E-state index contributed by atoms with van der Waals surface area (Å²) in [5.41, 5.74) is 10.5. The Morgan fingerprint density at radius 1 is 0.957 bits per heavy atom. The van der Waals surface area contributed by atoms with E-state index in [2.05, 4.69) is 41.5 Å². The molecular formula is C37H54N3O6P. The largest absolute Gasteiger partial charge is 0.574 e. The second-order valence-electron chi connectivity index (χ2n) is 13.7. The Hall–Kier alpha value is -3.07. The van der Waals surface area contributed by atoms with E-state index in [1.807, 2.05) is 51.1 Å². The van der Waals surface area contributed by atoms with Crippen molar-refractivity contribution in [1.29, 1.82) is 0 Å². The summed E-state index contributed by atoms with van der Waals surface area (Å²) in [6, 6.07) is 18.9. The Morgan fingerprint density at radius 3 is 2.30 bits per heavy atom. The molecule has 0 saturated carbocycles. The van der Waals surface area contributed by atoms with Crippen LogP contribution >= 0.6 is 8.17 Å². The van der Waals surface area contributed by atoms with Crippen molar-refractivity contribution in [3.05, 3.63) is 71.8 Å². The predicted molar refractivity (Wildman–Crippen MR) is 188 cm³/mol. The smallest absolute Gasteiger partial charge is 0.412 e. The van der Waals surface area contributed by atoms with Crippen LogP contribution in [-0.4, -0.2) is 42.5 Å². The number of benzene rings is 3. The van der Waals surface area contributed by atoms with Gasteiger partial charge in [0.25, 0.3) is 0 Å². The molecule has 0 aliphatic carbocycles. The van der Waals surface area contributed by atoms with Gasteiger partial charge in [-0.3, -0.25) is 9.32 Å². The molecule has 4 N–H and O–H groups in total. The Balaban J connectivity index is 1.62. The number of rotatable bonds is 20. The molecule has 0 saturated heterocycles. The third-order valence-electron chi connectivity index (χ3n) is 7.93. The van der Waals surface area contributed by atoms with Gasteiger partial charge in [-0.1, -0.05) is 114 Å². The van der Waals surface area contributed by atoms with Gasteiger partial charge in [-0.15, -0.1) is 0 Å². The first-order chi connectivity index (χ1) is 22.4. The minimum atomic E-state index is -2.63. The van der Waals surface area contributed by atoms with E-state index in [4.69, 9.17) is 19.7 Å². The van der Waals surface area contributed by atoms with Gasteiger partial charge < -0.3 is 25.2 Å². The third kappa shape index (κ3) is 13.5. The first kappa shape index (κ1) is 38.4. The van der Waals surface area contributed by atoms with Crippen LogP contribution in [0.15, 0.2) is 65.5 Å². The number of carbonyl (C=O) groups is 1. The number of nitrogens with zero attached hydrogens (tertiary/aromatic N) is 1. The summed E-state index contributed by atoms with van der Waals surface area (Å²) in [6.45, 7) is 9.68. The van der Waals surface area contributed by atoms with Crippen molar-refractivity contribution < 1.29 is 28.8 Å². The molecule has 0 amide bonds. The highest BCUT2D eigenvalue weighted by molar-refractivity contribution is 7.34. The lowest BCUT2D eigenvalue weighted by atomic mass is 9.93. The predicted octanol–water partition coefficient (Wildman–Crippen LogP) is 7.16. The minimum Gasteiger partial charge on any atom is -0.574 e. The van der Waals surface area contributed by atoms with Crippen LogP contribution in [0.4, 0.5) is 0 Å². The molecule has 47 heavy (non-hydrogen) atoms. The number of nitrogens with two attached hydrogens (primary N) is 1. The fraction of sp³-hybridized carbons (Fsp3) is 0.541. The minimum absolute atomic E-state index is 0.0111. The molecule has 3 aromatic carbocycles. The van der Waals surface area contributed by atoms with Crippen LogP contribution in [0.3, 0.4) is 0 Å². The molecule has 3 rings (SSSR count). The molecule has 0 bridgehead atoms. The average Bonchev–Trinajstić information content (AvgIpc) is 3.06. The maximum absolute atomic E-state index is 12.9. The molecule has 0 fully saturated rings. The monoisotopic (exact) mass is 667 g/mol. The van der Waals surface area contributed by atoms with Crippen LogP contribution in [0.5, 0.6) is 11.5 Å². The molecule has 258 valence electrons. The molecular weight excluding hydrogens is 613 g/mol. The van der Waals surface area contributed by atoms with Gasteiger partial charge >= 0.3 is 14.1 Å². The number of hydrogen-bond donors (Lipinski definition) is 3. The van der Waals surface area contributed by atoms with E-state index in [0.29, 0.717) is 24.0 Å². The van der Waals surface area contributed by atoms with Crippen molar-refractivity contribution in [3.8, 4) is 11.5 Å². The summed E-state index contributed by atoms with van der Waals surface area (Å²) in [4.78, 5) is 29.1. The van der Waals surface area contributed by atoms with Crippen molar-refractivity contribution in [2.24, 2.45) is 16.0 Å². The Bertz CT molecular complexity index is 1430. The second kappa shape index (κ2) is 19.1. The van der Waals surface area contributed by atoms with Crippen molar-refractivity contribution in [2.75, 3.05) is 19.8 Å². The van der Waals surface area contributed by atoms with Gasteiger partial charge in [0.1, 0.15) is 12.6 Å². The summed E-state index contributed by atoms with van der Waals surface area (Å²) in [6.07, 6.45) is 9.97. The first-order valence-corrected chi connectivity index (χ1v) is 18.0. The van der Waals surface area contributed by atoms with Gasteiger partial charge in [0.05, 0.1) is 18.8 Å². The number of hydrogen-bond acceptors (Lipinski definition) is 8. The van der Waals surface area contributed by atoms with Crippen LogP contribution in [0, 0.1) is 5.41 Å². The number of aliphatic hydroxyl groups excluding tert-OH is 1. The lowest BCUT2D eigenvalue weighted by Gasteiger charge is -2.27. The van der Waals surface area contributed by atoms with Gasteiger partial charge in [0, 0.05) is 10.2 Å². The molecule has 3 aromatic rings. The van der Waals surface area contributed by atoms with E-state index in [-0.39, 0.29) is 31.0 Å². The Labute approximate surface area is 281 Å². The van der Waals surface area contributed by atoms with Crippen molar-refractivity contribution in [1.82, 2.24) is 5.43 Å². The van der Waals surface area contributed by atoms with Gasteiger partial charge in [-0.2, -0.15) is 5.43 Å². The van der Waals surface area contributed by atoms with Crippen molar-refractivity contribution >= 4 is 24.9 Å². The van der Waals surface area contributed by atoms with E-state index in [9.17, 15) is 14.8 Å². The molecule has 10 heteroatoms. The number of aryl methyl sites for hydroxylation is 2. The SMILES string of the molecule is CCCCCCCCc1ccc(CC[C@@](N)(CO)COc2ccc3ccccc3c2O/[P+]([O-])=N\N[C@H](C)C(=O)OCC(C)(C)C)cc1. The number of aliphatic hydroxyl groups is 1. The van der Waals surface area contributed by atoms with Gasteiger partial charge in [0.15, 0.2) is 5.75 Å². The zero-order chi connectivity index (χ0) is 34.3. The second-order valence-corrected chi connectivity index (χ2v) is 14.6. The highest BCUT2D eigenvalue weighted by Crippen LogP contribution is 2.40. The number of carbonyl (C=O) groups excluding carboxylic acids is 1. The molecule has 0 aliphatic rings. The fourth-order valence-corrected chi connectivity index (χ4v) is 5.57. The number of fused-ring (bicyclic) bond motifs is 1. The van der Waals surface area contributed by atoms with Crippen LogP contribution in [0.2, 0.25) is 0 Å².